The summed E-state index contributed by atoms with van der Waals surface area (Å²) in [7, 11) is -1.72. The van der Waals surface area contributed by atoms with E-state index in [0.717, 1.165) is 12.7 Å². The van der Waals surface area contributed by atoms with Crippen LogP contribution in [0.2, 0.25) is 0 Å². The molecule has 0 unspecified atom stereocenters. The lowest BCUT2D eigenvalue weighted by Crippen LogP contribution is -2.31. The monoisotopic (exact) mass is 315 g/mol. The Labute approximate surface area is 125 Å². The second kappa shape index (κ2) is 7.48. The summed E-state index contributed by atoms with van der Waals surface area (Å²) >= 11 is 0. The van der Waals surface area contributed by atoms with E-state index in [1.54, 1.807) is 0 Å². The van der Waals surface area contributed by atoms with E-state index in [4.69, 9.17) is 5.11 Å². The van der Waals surface area contributed by atoms with E-state index in [9.17, 15) is 13.2 Å². The highest BCUT2D eigenvalue weighted by atomic mass is 32.2. The first-order chi connectivity index (χ1) is 9.74. The molecule has 0 aliphatic carbocycles. The molecule has 1 heterocycles. The third-order valence-corrected chi connectivity index (χ3v) is 4.50. The summed E-state index contributed by atoms with van der Waals surface area (Å²) < 4.78 is 26.4. The van der Waals surface area contributed by atoms with Gasteiger partial charge in [-0.25, -0.2) is 22.9 Å². The molecule has 0 saturated carbocycles. The highest BCUT2D eigenvalue weighted by Gasteiger charge is 2.16. The summed E-state index contributed by atoms with van der Waals surface area (Å²) in [6, 6.07) is 2.81. The fraction of sp³-hybridized carbons (Fsp3) is 0.538. The van der Waals surface area contributed by atoms with Crippen molar-refractivity contribution in [2.45, 2.75) is 31.3 Å². The van der Waals surface area contributed by atoms with E-state index >= 15 is 0 Å². The Hall–Kier alpha value is -1.51. The molecule has 118 valence electrons. The maximum absolute atomic E-state index is 12.0. The van der Waals surface area contributed by atoms with Crippen LogP contribution in [0.3, 0.4) is 0 Å². The van der Waals surface area contributed by atoms with Gasteiger partial charge in [0.1, 0.15) is 0 Å². The molecule has 0 fully saturated rings. The molecule has 0 bridgehead atoms. The minimum Gasteiger partial charge on any atom is -0.478 e. The lowest BCUT2D eigenvalue weighted by Gasteiger charge is -2.20. The first-order valence-electron chi connectivity index (χ1n) is 6.63. The van der Waals surface area contributed by atoms with Crippen molar-refractivity contribution in [2.75, 3.05) is 20.1 Å². The van der Waals surface area contributed by atoms with E-state index in [1.807, 2.05) is 7.05 Å². The number of carboxylic acid groups (broad SMARTS) is 1. The van der Waals surface area contributed by atoms with Gasteiger partial charge in [0.2, 0.25) is 0 Å². The van der Waals surface area contributed by atoms with Crippen LogP contribution >= 0.6 is 0 Å². The van der Waals surface area contributed by atoms with Crippen LogP contribution < -0.4 is 4.72 Å². The molecule has 0 aromatic carbocycles. The topological polar surface area (TPSA) is 99.6 Å². The van der Waals surface area contributed by atoms with Gasteiger partial charge in [0.25, 0.3) is 10.0 Å². The predicted octanol–water partition coefficient (Wildman–Crippen LogP) is 0.788. The van der Waals surface area contributed by atoms with Crippen LogP contribution in [0.1, 0.15) is 30.6 Å². The first kappa shape index (κ1) is 17.5. The third-order valence-electron chi connectivity index (χ3n) is 3.12. The zero-order valence-corrected chi connectivity index (χ0v) is 13.2. The zero-order valence-electron chi connectivity index (χ0n) is 12.4. The van der Waals surface area contributed by atoms with Gasteiger partial charge in [0, 0.05) is 18.8 Å². The van der Waals surface area contributed by atoms with Crippen molar-refractivity contribution in [2.24, 2.45) is 0 Å². The summed E-state index contributed by atoms with van der Waals surface area (Å²) in [5.41, 5.74) is -0.0486. The SMILES string of the molecule is CC(C)N(C)CCCNS(=O)(=O)c1ccc(C(=O)O)cn1. The Morgan fingerprint density at radius 1 is 1.43 bits per heavy atom. The standard InChI is InChI=1S/C13H21N3O4S/c1-10(2)16(3)8-4-7-15-21(19,20)12-6-5-11(9-14-12)13(17)18/h5-6,9-10,15H,4,7-8H2,1-3H3,(H,17,18). The number of carbonyl (C=O) groups is 1. The molecular formula is C13H21N3O4S. The van der Waals surface area contributed by atoms with Gasteiger partial charge in [-0.2, -0.15) is 0 Å². The van der Waals surface area contributed by atoms with Crippen LogP contribution in [-0.2, 0) is 10.0 Å². The lowest BCUT2D eigenvalue weighted by molar-refractivity contribution is 0.0696. The smallest absolute Gasteiger partial charge is 0.337 e. The number of pyridine rings is 1. The lowest BCUT2D eigenvalue weighted by atomic mass is 10.3. The fourth-order valence-corrected chi connectivity index (χ4v) is 2.53. The Morgan fingerprint density at radius 2 is 2.10 bits per heavy atom. The average molecular weight is 315 g/mol. The molecule has 0 spiro atoms. The largest absolute Gasteiger partial charge is 0.478 e. The van der Waals surface area contributed by atoms with E-state index in [0.29, 0.717) is 19.0 Å². The van der Waals surface area contributed by atoms with Gasteiger partial charge in [-0.3, -0.25) is 0 Å². The van der Waals surface area contributed by atoms with Crippen molar-refractivity contribution in [3.8, 4) is 0 Å². The maximum Gasteiger partial charge on any atom is 0.337 e. The average Bonchev–Trinajstić information content (AvgIpc) is 2.43. The second-order valence-corrected chi connectivity index (χ2v) is 6.73. The number of hydrogen-bond donors (Lipinski definition) is 2. The van der Waals surface area contributed by atoms with Crippen LogP contribution in [0.25, 0.3) is 0 Å². The minimum absolute atomic E-state index is 0.0486. The summed E-state index contributed by atoms with van der Waals surface area (Å²) in [5.74, 6) is -1.14. The number of aromatic nitrogens is 1. The van der Waals surface area contributed by atoms with Crippen molar-refractivity contribution in [3.05, 3.63) is 23.9 Å². The molecule has 21 heavy (non-hydrogen) atoms. The third kappa shape index (κ3) is 5.41. The van der Waals surface area contributed by atoms with E-state index in [2.05, 4.69) is 28.5 Å². The maximum atomic E-state index is 12.0. The van der Waals surface area contributed by atoms with Crippen LogP contribution in [0.5, 0.6) is 0 Å². The summed E-state index contributed by atoms with van der Waals surface area (Å²) in [6.07, 6.45) is 1.71. The van der Waals surface area contributed by atoms with Crippen LogP contribution in [0.15, 0.2) is 23.4 Å². The number of sulfonamides is 1. The van der Waals surface area contributed by atoms with Gasteiger partial charge < -0.3 is 10.0 Å². The summed E-state index contributed by atoms with van der Waals surface area (Å²) in [6.45, 7) is 5.23. The molecule has 0 aliphatic rings. The van der Waals surface area contributed by atoms with E-state index in [1.165, 1.54) is 12.1 Å². The normalized spacial score (nSPS) is 12.0. The number of aromatic carboxylic acids is 1. The Morgan fingerprint density at radius 3 is 2.57 bits per heavy atom. The molecule has 1 aromatic rings. The predicted molar refractivity (Wildman–Crippen MR) is 78.8 cm³/mol. The highest BCUT2D eigenvalue weighted by molar-refractivity contribution is 7.89. The summed E-state index contributed by atoms with van der Waals surface area (Å²) in [4.78, 5) is 16.5. The van der Waals surface area contributed by atoms with Gasteiger partial charge in [-0.1, -0.05) is 0 Å². The highest BCUT2D eigenvalue weighted by Crippen LogP contribution is 2.06. The van der Waals surface area contributed by atoms with Gasteiger partial charge in [0.15, 0.2) is 5.03 Å². The van der Waals surface area contributed by atoms with Crippen LogP contribution in [0.4, 0.5) is 0 Å². The Bertz CT molecular complexity index is 570. The Kier molecular flexibility index (Phi) is 6.25. The molecule has 0 saturated heterocycles. The van der Waals surface area contributed by atoms with Crippen LogP contribution in [0, 0.1) is 0 Å². The van der Waals surface area contributed by atoms with Crippen molar-refractivity contribution < 1.29 is 18.3 Å². The molecule has 1 rings (SSSR count). The number of rotatable bonds is 8. The quantitative estimate of drug-likeness (QED) is 0.688. The van der Waals surface area contributed by atoms with Crippen molar-refractivity contribution in [3.63, 3.8) is 0 Å². The Balaban J connectivity index is 2.55. The molecule has 0 atom stereocenters. The number of carboxylic acids is 1. The van der Waals surface area contributed by atoms with Gasteiger partial charge in [-0.15, -0.1) is 0 Å². The van der Waals surface area contributed by atoms with Crippen molar-refractivity contribution in [1.29, 1.82) is 0 Å². The zero-order chi connectivity index (χ0) is 16.0. The molecule has 0 aliphatic heterocycles. The number of nitrogens with one attached hydrogen (secondary N) is 1. The molecule has 8 heteroatoms. The molecule has 2 N–H and O–H groups in total. The molecule has 0 radical (unpaired) electrons. The van der Waals surface area contributed by atoms with Gasteiger partial charge in [-0.05, 0) is 46.0 Å². The second-order valence-electron chi connectivity index (χ2n) is 5.02. The number of nitrogens with zero attached hydrogens (tertiary/aromatic N) is 2. The first-order valence-corrected chi connectivity index (χ1v) is 8.11. The van der Waals surface area contributed by atoms with Gasteiger partial charge in [0.05, 0.1) is 5.56 Å². The fourth-order valence-electron chi connectivity index (χ4n) is 1.53. The molecule has 0 amide bonds. The van der Waals surface area contributed by atoms with E-state index in [-0.39, 0.29) is 10.6 Å². The van der Waals surface area contributed by atoms with Crippen molar-refractivity contribution >= 4 is 16.0 Å². The van der Waals surface area contributed by atoms with Gasteiger partial charge >= 0.3 is 5.97 Å². The minimum atomic E-state index is -3.69. The summed E-state index contributed by atoms with van der Waals surface area (Å²) in [5, 5.41) is 8.56. The molecule has 7 nitrogen and oxygen atoms in total. The molecule has 1 aromatic heterocycles. The molecular weight excluding hydrogens is 294 g/mol. The number of hydrogen-bond acceptors (Lipinski definition) is 5. The van der Waals surface area contributed by atoms with Crippen molar-refractivity contribution in [1.82, 2.24) is 14.6 Å². The van der Waals surface area contributed by atoms with E-state index < -0.39 is 16.0 Å². The van der Waals surface area contributed by atoms with Crippen LogP contribution in [-0.4, -0.2) is 55.6 Å².